The van der Waals surface area contributed by atoms with Gasteiger partial charge in [-0.25, -0.2) is 0 Å². The van der Waals surface area contributed by atoms with Crippen LogP contribution in [0.4, 0.5) is 11.4 Å². The highest BCUT2D eigenvalue weighted by Crippen LogP contribution is 2.23. The zero-order valence-electron chi connectivity index (χ0n) is 9.66. The second-order valence-corrected chi connectivity index (χ2v) is 4.42. The van der Waals surface area contributed by atoms with Gasteiger partial charge >= 0.3 is 0 Å². The molecule has 1 aromatic rings. The number of benzene rings is 1. The van der Waals surface area contributed by atoms with Gasteiger partial charge in [0.1, 0.15) is 0 Å². The molecule has 2 rings (SSSR count). The van der Waals surface area contributed by atoms with E-state index >= 15 is 0 Å². The lowest BCUT2D eigenvalue weighted by Crippen LogP contribution is -2.25. The van der Waals surface area contributed by atoms with Crippen molar-refractivity contribution in [1.29, 1.82) is 0 Å². The van der Waals surface area contributed by atoms with Crippen LogP contribution in [0.5, 0.6) is 0 Å². The zero-order valence-corrected chi connectivity index (χ0v) is 9.66. The Bertz CT molecular complexity index is 411. The number of nitrogens with two attached hydrogens (primary N) is 1. The predicted octanol–water partition coefficient (Wildman–Crippen LogP) is 1.23. The summed E-state index contributed by atoms with van der Waals surface area (Å²) < 4.78 is 0. The Morgan fingerprint density at radius 1 is 1.44 bits per heavy atom. The largest absolute Gasteiger partial charge is 0.397 e. The molecular formula is C12H17N3O. The molecule has 0 heterocycles. The van der Waals surface area contributed by atoms with E-state index in [-0.39, 0.29) is 5.91 Å². The van der Waals surface area contributed by atoms with Gasteiger partial charge in [-0.3, -0.25) is 4.79 Å². The number of nitrogens with one attached hydrogen (secondary N) is 1. The lowest BCUT2D eigenvalue weighted by Gasteiger charge is -2.15. The number of carbonyl (C=O) groups is 1. The number of rotatable bonds is 3. The van der Waals surface area contributed by atoms with Gasteiger partial charge in [0.2, 0.25) is 0 Å². The van der Waals surface area contributed by atoms with Crippen molar-refractivity contribution in [2.45, 2.75) is 18.9 Å². The molecular weight excluding hydrogens is 202 g/mol. The molecule has 0 radical (unpaired) electrons. The molecule has 0 spiro atoms. The maximum atomic E-state index is 11.7. The van der Waals surface area contributed by atoms with Crippen molar-refractivity contribution in [3.05, 3.63) is 23.8 Å². The average Bonchev–Trinajstić information content (AvgIpc) is 3.00. The van der Waals surface area contributed by atoms with Crippen molar-refractivity contribution in [3.63, 3.8) is 0 Å². The fourth-order valence-corrected chi connectivity index (χ4v) is 1.60. The van der Waals surface area contributed by atoms with Crippen molar-refractivity contribution in [2.75, 3.05) is 24.7 Å². The molecule has 0 atom stereocenters. The van der Waals surface area contributed by atoms with Crippen molar-refractivity contribution in [1.82, 2.24) is 5.32 Å². The van der Waals surface area contributed by atoms with Crippen LogP contribution in [0, 0.1) is 0 Å². The first-order valence-electron chi connectivity index (χ1n) is 5.45. The monoisotopic (exact) mass is 219 g/mol. The molecule has 0 bridgehead atoms. The molecule has 3 N–H and O–H groups in total. The number of nitrogen functional groups attached to an aromatic ring is 1. The molecule has 1 fully saturated rings. The number of hydrogen-bond acceptors (Lipinski definition) is 3. The summed E-state index contributed by atoms with van der Waals surface area (Å²) in [5.74, 6) is -0.0282. The standard InChI is InChI=1S/C12H17N3O/c1-15(2)11-6-3-8(7-10(11)13)12(16)14-9-4-5-9/h3,6-7,9H,4-5,13H2,1-2H3,(H,14,16). The molecule has 0 aromatic heterocycles. The van der Waals surface area contributed by atoms with Crippen molar-refractivity contribution >= 4 is 17.3 Å². The molecule has 86 valence electrons. The maximum absolute atomic E-state index is 11.7. The second kappa shape index (κ2) is 4.04. The third-order valence-corrected chi connectivity index (χ3v) is 2.68. The molecule has 1 saturated carbocycles. The third-order valence-electron chi connectivity index (χ3n) is 2.68. The van der Waals surface area contributed by atoms with E-state index in [9.17, 15) is 4.79 Å². The number of amides is 1. The molecule has 4 heteroatoms. The average molecular weight is 219 g/mol. The van der Waals surface area contributed by atoms with E-state index in [4.69, 9.17) is 5.73 Å². The topological polar surface area (TPSA) is 58.4 Å². The quantitative estimate of drug-likeness (QED) is 0.752. The van der Waals surface area contributed by atoms with E-state index in [1.807, 2.05) is 31.1 Å². The summed E-state index contributed by atoms with van der Waals surface area (Å²) in [6.45, 7) is 0. The van der Waals surface area contributed by atoms with E-state index in [1.54, 1.807) is 6.07 Å². The SMILES string of the molecule is CN(C)c1ccc(C(=O)NC2CC2)cc1N. The van der Waals surface area contributed by atoms with Gasteiger partial charge in [-0.1, -0.05) is 0 Å². The molecule has 0 saturated heterocycles. The Morgan fingerprint density at radius 3 is 2.62 bits per heavy atom. The smallest absolute Gasteiger partial charge is 0.251 e. The van der Waals surface area contributed by atoms with Crippen LogP contribution in [0.15, 0.2) is 18.2 Å². The Morgan fingerprint density at radius 2 is 2.12 bits per heavy atom. The summed E-state index contributed by atoms with van der Waals surface area (Å²) in [7, 11) is 3.85. The van der Waals surface area contributed by atoms with Crippen molar-refractivity contribution in [3.8, 4) is 0 Å². The summed E-state index contributed by atoms with van der Waals surface area (Å²) in [5, 5.41) is 2.94. The molecule has 1 amide bonds. The molecule has 0 unspecified atom stereocenters. The lowest BCUT2D eigenvalue weighted by molar-refractivity contribution is 0.0951. The number of carbonyl (C=O) groups excluding carboxylic acids is 1. The lowest BCUT2D eigenvalue weighted by atomic mass is 10.1. The van der Waals surface area contributed by atoms with Crippen LogP contribution >= 0.6 is 0 Å². The highest BCUT2D eigenvalue weighted by molar-refractivity contribution is 5.96. The molecule has 4 nitrogen and oxygen atoms in total. The molecule has 16 heavy (non-hydrogen) atoms. The van der Waals surface area contributed by atoms with Crippen LogP contribution in [0.25, 0.3) is 0 Å². The first kappa shape index (κ1) is 10.8. The molecule has 0 aliphatic heterocycles. The summed E-state index contributed by atoms with van der Waals surface area (Å²) in [4.78, 5) is 13.7. The van der Waals surface area contributed by atoms with Crippen LogP contribution in [-0.2, 0) is 0 Å². The van der Waals surface area contributed by atoms with Crippen LogP contribution in [-0.4, -0.2) is 26.0 Å². The third kappa shape index (κ3) is 2.27. The van der Waals surface area contributed by atoms with Crippen molar-refractivity contribution in [2.24, 2.45) is 0 Å². The van der Waals surface area contributed by atoms with E-state index in [0.717, 1.165) is 18.5 Å². The second-order valence-electron chi connectivity index (χ2n) is 4.42. The van der Waals surface area contributed by atoms with Gasteiger partial charge in [0.15, 0.2) is 0 Å². The minimum absolute atomic E-state index is 0.0282. The minimum atomic E-state index is -0.0282. The van der Waals surface area contributed by atoms with Gasteiger partial charge in [-0.15, -0.1) is 0 Å². The summed E-state index contributed by atoms with van der Waals surface area (Å²) in [6, 6.07) is 5.79. The molecule has 1 aliphatic carbocycles. The van der Waals surface area contributed by atoms with Gasteiger partial charge in [0.05, 0.1) is 11.4 Å². The zero-order chi connectivity index (χ0) is 11.7. The van der Waals surface area contributed by atoms with Crippen molar-refractivity contribution < 1.29 is 4.79 Å². The van der Waals surface area contributed by atoms with Gasteiger partial charge in [-0.2, -0.15) is 0 Å². The van der Waals surface area contributed by atoms with E-state index in [2.05, 4.69) is 5.32 Å². The highest BCUT2D eigenvalue weighted by atomic mass is 16.1. The summed E-state index contributed by atoms with van der Waals surface area (Å²) in [5.41, 5.74) is 8.09. The minimum Gasteiger partial charge on any atom is -0.397 e. The van der Waals surface area contributed by atoms with E-state index < -0.39 is 0 Å². The van der Waals surface area contributed by atoms with E-state index in [1.165, 1.54) is 0 Å². The number of anilines is 2. The fraction of sp³-hybridized carbons (Fsp3) is 0.417. The fourth-order valence-electron chi connectivity index (χ4n) is 1.60. The highest BCUT2D eigenvalue weighted by Gasteiger charge is 2.23. The van der Waals surface area contributed by atoms with Gasteiger partial charge in [-0.05, 0) is 31.0 Å². The Labute approximate surface area is 95.4 Å². The Kier molecular flexibility index (Phi) is 2.73. The normalized spacial score (nSPS) is 14.6. The Hall–Kier alpha value is -1.71. The van der Waals surface area contributed by atoms with Crippen LogP contribution in [0.3, 0.4) is 0 Å². The van der Waals surface area contributed by atoms with Crippen LogP contribution < -0.4 is 16.0 Å². The molecule has 1 aromatic carbocycles. The van der Waals surface area contributed by atoms with Gasteiger partial charge in [0.25, 0.3) is 5.91 Å². The number of nitrogens with zero attached hydrogens (tertiary/aromatic N) is 1. The van der Waals surface area contributed by atoms with Crippen LogP contribution in [0.2, 0.25) is 0 Å². The summed E-state index contributed by atoms with van der Waals surface area (Å²) in [6.07, 6.45) is 2.19. The van der Waals surface area contributed by atoms with Gasteiger partial charge < -0.3 is 16.0 Å². The first-order chi connectivity index (χ1) is 7.58. The summed E-state index contributed by atoms with van der Waals surface area (Å²) >= 11 is 0. The van der Waals surface area contributed by atoms with E-state index in [0.29, 0.717) is 17.3 Å². The Balaban J connectivity index is 2.16. The predicted molar refractivity (Wildman–Crippen MR) is 65.7 cm³/mol. The van der Waals surface area contributed by atoms with Crippen LogP contribution in [0.1, 0.15) is 23.2 Å². The number of hydrogen-bond donors (Lipinski definition) is 2. The van der Waals surface area contributed by atoms with Gasteiger partial charge in [0, 0.05) is 25.7 Å². The first-order valence-corrected chi connectivity index (χ1v) is 5.45. The molecule has 1 aliphatic rings. The maximum Gasteiger partial charge on any atom is 0.251 e.